The highest BCUT2D eigenvalue weighted by Gasteiger charge is 2.51. The first-order chi connectivity index (χ1) is 42.6. The lowest BCUT2D eigenvalue weighted by atomic mass is 9.80. The molecule has 0 spiro atoms. The number of benzene rings is 6. The number of hydrogen-bond acceptors (Lipinski definition) is 17. The minimum Gasteiger partial charge on any atom is -0.497 e. The van der Waals surface area contributed by atoms with Gasteiger partial charge in [-0.1, -0.05) is 133 Å². The maximum Gasteiger partial charge on any atom is 0.407 e. The quantitative estimate of drug-likeness (QED) is 0.0276. The van der Waals surface area contributed by atoms with Gasteiger partial charge in [-0.3, -0.25) is 14.2 Å². The van der Waals surface area contributed by atoms with Crippen LogP contribution in [0.2, 0.25) is 0 Å². The van der Waals surface area contributed by atoms with Crippen LogP contribution in [-0.4, -0.2) is 131 Å². The van der Waals surface area contributed by atoms with Gasteiger partial charge in [0.2, 0.25) is 5.12 Å². The molecule has 5 atom stereocenters. The molecule has 1 aliphatic heterocycles. The molecule has 10 rings (SSSR count). The SMILES string of the molecule is COc1ccc(C(OCC2OC(n3cnc4c(CC(=O)COc5ccccc5)ncnc43)C(OC)C2OP(OCCSC(=O)C(C)(C)NC(=O)OCC2c3ccccc3-c3ccccc32)N(C(C)C)C(C)C)(c2ccccc2)c2ccc(OC)cc2)cc1. The molecule has 1 fully saturated rings. The van der Waals surface area contributed by atoms with Gasteiger partial charge in [0.1, 0.15) is 71.8 Å². The van der Waals surface area contributed by atoms with Crippen molar-refractivity contribution in [3.05, 3.63) is 204 Å². The van der Waals surface area contributed by atoms with Gasteiger partial charge in [-0.25, -0.2) is 24.4 Å². The standard InChI is InChI=1S/C68H75N6O12PS/c1-44(2)74(45(3)4)87(84-36-37-88-65(76)67(5,6)72-66(77)82-40-57-55-26-18-16-24-53(55)54-25-17-19-27-56(54)57)86-61-59(41-83-68(46-20-12-10-13-21-46,47-28-32-50(78-7)33-29-47)48-30-34-51(79-8)35-31-48)85-64(62(61)80-9)73-43-71-60-58(69-42-70-63(60)73)38-49(75)39-81-52-22-14-11-15-23-52/h10-35,42-45,57,59,61-62,64H,36-41H2,1-9H3,(H,72,77). The zero-order valence-electron chi connectivity index (χ0n) is 50.9. The fourth-order valence-electron chi connectivity index (χ4n) is 11.5. The lowest BCUT2D eigenvalue weighted by Crippen LogP contribution is -2.49. The Labute approximate surface area is 519 Å². The number of ketones is 1. The molecule has 1 aliphatic carbocycles. The number of para-hydroxylation sites is 1. The first-order valence-electron chi connectivity index (χ1n) is 29.3. The first kappa shape index (κ1) is 63.4. The summed E-state index contributed by atoms with van der Waals surface area (Å²) in [6.45, 7) is 11.6. The number of alkyl carbamates (subject to hydrolysis) is 1. The summed E-state index contributed by atoms with van der Waals surface area (Å²) >= 11 is 1.05. The molecule has 0 bridgehead atoms. The Kier molecular flexibility index (Phi) is 20.7. The van der Waals surface area contributed by atoms with Crippen LogP contribution in [-0.2, 0) is 49.6 Å². The first-order valence-corrected chi connectivity index (χ1v) is 31.5. The molecule has 3 heterocycles. The van der Waals surface area contributed by atoms with Gasteiger partial charge in [0.05, 0.1) is 45.9 Å². The second-order valence-electron chi connectivity index (χ2n) is 22.5. The molecule has 460 valence electrons. The third kappa shape index (κ3) is 14.0. The van der Waals surface area contributed by atoms with Crippen LogP contribution in [0.4, 0.5) is 4.79 Å². The van der Waals surface area contributed by atoms with Crippen LogP contribution in [0.3, 0.4) is 0 Å². The van der Waals surface area contributed by atoms with Crippen LogP contribution in [0.25, 0.3) is 22.3 Å². The molecule has 18 nitrogen and oxygen atoms in total. The van der Waals surface area contributed by atoms with Gasteiger partial charge < -0.3 is 47.5 Å². The number of fused-ring (bicyclic) bond motifs is 4. The minimum absolute atomic E-state index is 0.0546. The summed E-state index contributed by atoms with van der Waals surface area (Å²) in [6, 6.07) is 50.8. The molecule has 2 aliphatic rings. The molecule has 8 aromatic rings. The van der Waals surface area contributed by atoms with Crippen molar-refractivity contribution in [2.75, 3.05) is 53.5 Å². The lowest BCUT2D eigenvalue weighted by molar-refractivity contribution is -0.120. The average molecular weight is 1230 g/mol. The van der Waals surface area contributed by atoms with E-state index in [-0.39, 0.29) is 67.5 Å². The molecule has 5 unspecified atom stereocenters. The molecule has 88 heavy (non-hydrogen) atoms. The Balaban J connectivity index is 0.922. The zero-order valence-corrected chi connectivity index (χ0v) is 52.7. The normalized spacial score (nSPS) is 17.0. The predicted octanol–water partition coefficient (Wildman–Crippen LogP) is 12.3. The Bertz CT molecular complexity index is 3530. The van der Waals surface area contributed by atoms with Crippen molar-refractivity contribution in [3.63, 3.8) is 0 Å². The largest absolute Gasteiger partial charge is 0.497 e. The summed E-state index contributed by atoms with van der Waals surface area (Å²) in [5.74, 6) is 1.83. The maximum absolute atomic E-state index is 14.0. The van der Waals surface area contributed by atoms with Gasteiger partial charge >= 0.3 is 6.09 Å². The fourth-order valence-corrected chi connectivity index (χ4v) is 14.1. The third-order valence-electron chi connectivity index (χ3n) is 15.7. The molecular weight excluding hydrogens is 1160 g/mol. The number of nitrogens with one attached hydrogen (secondary N) is 1. The number of methoxy groups -OCH3 is 3. The third-order valence-corrected chi connectivity index (χ3v) is 18.9. The zero-order chi connectivity index (χ0) is 62.0. The number of ether oxygens (including phenoxy) is 7. The van der Waals surface area contributed by atoms with Crippen molar-refractivity contribution in [2.45, 2.75) is 102 Å². The van der Waals surface area contributed by atoms with Crippen molar-refractivity contribution in [2.24, 2.45) is 0 Å². The summed E-state index contributed by atoms with van der Waals surface area (Å²) in [5, 5.41) is 2.54. The van der Waals surface area contributed by atoms with Gasteiger partial charge in [0, 0.05) is 30.9 Å². The second-order valence-corrected chi connectivity index (χ2v) is 24.9. The Morgan fingerprint density at radius 2 is 1.27 bits per heavy atom. The van der Waals surface area contributed by atoms with E-state index in [1.165, 1.54) is 6.33 Å². The van der Waals surface area contributed by atoms with Crippen LogP contribution in [0, 0.1) is 0 Å². The predicted molar refractivity (Wildman–Crippen MR) is 339 cm³/mol. The van der Waals surface area contributed by atoms with E-state index >= 15 is 0 Å². The molecule has 0 radical (unpaired) electrons. The number of nitrogens with zero attached hydrogens (tertiary/aromatic N) is 5. The van der Waals surface area contributed by atoms with E-state index in [4.69, 9.17) is 52.2 Å². The Morgan fingerprint density at radius 1 is 0.693 bits per heavy atom. The molecule has 2 aromatic heterocycles. The smallest absolute Gasteiger partial charge is 0.407 e. The summed E-state index contributed by atoms with van der Waals surface area (Å²) in [5.41, 5.74) is 5.61. The lowest BCUT2D eigenvalue weighted by Gasteiger charge is -2.39. The summed E-state index contributed by atoms with van der Waals surface area (Å²) < 4.78 is 62.3. The second kappa shape index (κ2) is 28.7. The number of hydrogen-bond donors (Lipinski definition) is 1. The maximum atomic E-state index is 14.0. The van der Waals surface area contributed by atoms with Crippen LogP contribution >= 0.6 is 20.3 Å². The number of thioether (sulfide) groups is 1. The van der Waals surface area contributed by atoms with Gasteiger partial charge in [-0.2, -0.15) is 0 Å². The van der Waals surface area contributed by atoms with Crippen molar-refractivity contribution in [3.8, 4) is 28.4 Å². The highest BCUT2D eigenvalue weighted by atomic mass is 32.2. The van der Waals surface area contributed by atoms with E-state index in [0.717, 1.165) is 50.7 Å². The number of rotatable bonds is 28. The van der Waals surface area contributed by atoms with Crippen molar-refractivity contribution >= 4 is 48.4 Å². The number of amides is 1. The Morgan fingerprint density at radius 3 is 1.86 bits per heavy atom. The topological polar surface area (TPSA) is 193 Å². The molecular formula is C68H75N6O12PS. The molecule has 1 saturated heterocycles. The fraction of sp³-hybridized carbons (Fsp3) is 0.353. The van der Waals surface area contributed by atoms with E-state index < -0.39 is 50.3 Å². The van der Waals surface area contributed by atoms with E-state index in [0.29, 0.717) is 34.1 Å². The van der Waals surface area contributed by atoms with E-state index in [1.54, 1.807) is 58.2 Å². The number of aromatic nitrogens is 4. The molecule has 0 saturated carbocycles. The monoisotopic (exact) mass is 1230 g/mol. The van der Waals surface area contributed by atoms with Gasteiger partial charge in [0.25, 0.3) is 8.53 Å². The van der Waals surface area contributed by atoms with Crippen molar-refractivity contribution in [1.29, 1.82) is 0 Å². The number of Topliss-reactive ketones (excluding diaryl/α,β-unsaturated/α-hetero) is 1. The van der Waals surface area contributed by atoms with E-state index in [2.05, 4.69) is 66.9 Å². The van der Waals surface area contributed by atoms with Gasteiger partial charge in [-0.05, 0) is 117 Å². The van der Waals surface area contributed by atoms with Crippen LogP contribution in [0.1, 0.15) is 87.2 Å². The van der Waals surface area contributed by atoms with Crippen LogP contribution in [0.5, 0.6) is 17.2 Å². The highest BCUT2D eigenvalue weighted by Crippen LogP contribution is 2.52. The summed E-state index contributed by atoms with van der Waals surface area (Å²) in [4.78, 5) is 54.9. The van der Waals surface area contributed by atoms with Crippen LogP contribution in [0.15, 0.2) is 170 Å². The van der Waals surface area contributed by atoms with E-state index in [9.17, 15) is 14.4 Å². The molecule has 20 heteroatoms. The number of carbonyl (C=O) groups is 3. The average Bonchev–Trinajstić information content (AvgIpc) is 2.48. The summed E-state index contributed by atoms with van der Waals surface area (Å²) in [6.07, 6.45) is -1.22. The Hall–Kier alpha value is -7.58. The highest BCUT2D eigenvalue weighted by molar-refractivity contribution is 8.13. The number of imidazole rings is 1. The minimum atomic E-state index is -1.95. The molecule has 1 N–H and O–H groups in total. The van der Waals surface area contributed by atoms with Crippen molar-refractivity contribution in [1.82, 2.24) is 29.5 Å². The molecule has 6 aromatic carbocycles. The van der Waals surface area contributed by atoms with Gasteiger partial charge in [0.15, 0.2) is 17.7 Å². The molecule has 1 amide bonds. The number of carbonyl (C=O) groups excluding carboxylic acids is 3. The summed E-state index contributed by atoms with van der Waals surface area (Å²) in [7, 11) is 2.91. The van der Waals surface area contributed by atoms with Crippen LogP contribution < -0.4 is 19.5 Å². The van der Waals surface area contributed by atoms with Gasteiger partial charge in [-0.15, -0.1) is 0 Å². The van der Waals surface area contributed by atoms with Crippen molar-refractivity contribution < 1.29 is 56.6 Å². The van der Waals surface area contributed by atoms with E-state index in [1.807, 2.05) is 121 Å².